The van der Waals surface area contributed by atoms with Gasteiger partial charge in [-0.25, -0.2) is 18.0 Å². The molecule has 1 aliphatic heterocycles. The topological polar surface area (TPSA) is 113 Å². The summed E-state index contributed by atoms with van der Waals surface area (Å²) >= 11 is 1.51. The van der Waals surface area contributed by atoms with Gasteiger partial charge in [-0.1, -0.05) is 0 Å². The zero-order valence-corrected chi connectivity index (χ0v) is 12.9. The molecule has 1 unspecified atom stereocenters. The Balaban J connectivity index is 2.33. The van der Waals surface area contributed by atoms with Crippen molar-refractivity contribution in [2.24, 2.45) is 5.92 Å². The van der Waals surface area contributed by atoms with Gasteiger partial charge in [-0.2, -0.15) is 11.8 Å². The van der Waals surface area contributed by atoms with Crippen LogP contribution in [0.1, 0.15) is 12.8 Å². The molecule has 2 atom stereocenters. The van der Waals surface area contributed by atoms with E-state index in [2.05, 4.69) is 10.6 Å². The third kappa shape index (κ3) is 6.00. The summed E-state index contributed by atoms with van der Waals surface area (Å²) in [6.07, 6.45) is 2.75. The molecule has 0 aromatic heterocycles. The molecule has 0 aliphatic carbocycles. The highest BCUT2D eigenvalue weighted by Gasteiger charge is 2.28. The standard InChI is InChI=1S/C11H20N2O5S2/c1-19-4-2-9(10(14)15)13-11(16)12-6-8-3-5-20(17,18)7-8/h8-9H,2-7H2,1H3,(H,14,15)(H2,12,13,16)/t8?,9-/m1/s1. The molecule has 3 N–H and O–H groups in total. The normalized spacial score (nSPS) is 22.1. The molecule has 1 heterocycles. The number of carbonyl (C=O) groups excluding carboxylic acids is 1. The fourth-order valence-corrected chi connectivity index (χ4v) is 4.31. The predicted molar refractivity (Wildman–Crippen MR) is 77.7 cm³/mol. The monoisotopic (exact) mass is 324 g/mol. The van der Waals surface area contributed by atoms with Crippen LogP contribution < -0.4 is 10.6 Å². The van der Waals surface area contributed by atoms with Gasteiger partial charge in [0.15, 0.2) is 9.84 Å². The van der Waals surface area contributed by atoms with Crippen molar-refractivity contribution in [3.8, 4) is 0 Å². The largest absolute Gasteiger partial charge is 0.480 e. The number of carboxylic acids is 1. The summed E-state index contributed by atoms with van der Waals surface area (Å²) in [4.78, 5) is 22.6. The fraction of sp³-hybridized carbons (Fsp3) is 0.818. The van der Waals surface area contributed by atoms with Crippen molar-refractivity contribution in [1.82, 2.24) is 10.6 Å². The Kier molecular flexibility index (Phi) is 6.60. The highest BCUT2D eigenvalue weighted by molar-refractivity contribution is 7.98. The number of carboxylic acid groups (broad SMARTS) is 1. The van der Waals surface area contributed by atoms with Crippen LogP contribution >= 0.6 is 11.8 Å². The molecule has 20 heavy (non-hydrogen) atoms. The second-order valence-corrected chi connectivity index (χ2v) is 8.01. The molecule has 0 radical (unpaired) electrons. The molecule has 7 nitrogen and oxygen atoms in total. The van der Waals surface area contributed by atoms with Crippen LogP contribution in [0.15, 0.2) is 0 Å². The maximum Gasteiger partial charge on any atom is 0.326 e. The first kappa shape index (κ1) is 17.1. The van der Waals surface area contributed by atoms with E-state index in [0.717, 1.165) is 0 Å². The van der Waals surface area contributed by atoms with Crippen LogP contribution in [0.3, 0.4) is 0 Å². The van der Waals surface area contributed by atoms with E-state index in [4.69, 9.17) is 5.11 Å². The second kappa shape index (κ2) is 7.72. The summed E-state index contributed by atoms with van der Waals surface area (Å²) in [7, 11) is -2.96. The number of amides is 2. The fourth-order valence-electron chi connectivity index (χ4n) is 1.97. The number of nitrogens with one attached hydrogen (secondary N) is 2. The first-order valence-corrected chi connectivity index (χ1v) is 9.52. The number of sulfone groups is 1. The number of urea groups is 1. The lowest BCUT2D eigenvalue weighted by atomic mass is 10.1. The van der Waals surface area contributed by atoms with E-state index >= 15 is 0 Å². The smallest absolute Gasteiger partial charge is 0.326 e. The number of rotatable bonds is 7. The minimum atomic E-state index is -2.96. The Hall–Kier alpha value is -0.960. The van der Waals surface area contributed by atoms with E-state index in [1.807, 2.05) is 6.26 Å². The molecule has 0 aromatic carbocycles. The van der Waals surface area contributed by atoms with Gasteiger partial charge >= 0.3 is 12.0 Å². The van der Waals surface area contributed by atoms with E-state index in [1.54, 1.807) is 0 Å². The van der Waals surface area contributed by atoms with Gasteiger partial charge in [0.05, 0.1) is 11.5 Å². The van der Waals surface area contributed by atoms with Crippen LogP contribution in [-0.4, -0.2) is 61.6 Å². The lowest BCUT2D eigenvalue weighted by Gasteiger charge is -2.16. The molecule has 0 aromatic rings. The SMILES string of the molecule is CSCC[C@@H](NC(=O)NCC1CCS(=O)(=O)C1)C(=O)O. The van der Waals surface area contributed by atoms with E-state index in [1.165, 1.54) is 11.8 Å². The highest BCUT2D eigenvalue weighted by Crippen LogP contribution is 2.17. The molecule has 0 bridgehead atoms. The Morgan fingerprint density at radius 3 is 2.65 bits per heavy atom. The van der Waals surface area contributed by atoms with E-state index in [-0.39, 0.29) is 24.0 Å². The van der Waals surface area contributed by atoms with Crippen molar-refractivity contribution in [1.29, 1.82) is 0 Å². The average Bonchev–Trinajstić information content (AvgIpc) is 2.71. The maximum absolute atomic E-state index is 11.6. The Labute approximate surface area is 122 Å². The summed E-state index contributed by atoms with van der Waals surface area (Å²) < 4.78 is 22.5. The summed E-state index contributed by atoms with van der Waals surface area (Å²) in [5.74, 6) is -0.273. The highest BCUT2D eigenvalue weighted by atomic mass is 32.2. The number of thioether (sulfide) groups is 1. The summed E-state index contributed by atoms with van der Waals surface area (Å²) in [6, 6.07) is -1.49. The third-order valence-electron chi connectivity index (χ3n) is 3.09. The quantitative estimate of drug-likeness (QED) is 0.604. The van der Waals surface area contributed by atoms with Crippen molar-refractivity contribution in [2.75, 3.05) is 30.1 Å². The first-order chi connectivity index (χ1) is 9.34. The third-order valence-corrected chi connectivity index (χ3v) is 5.57. The molecular weight excluding hydrogens is 304 g/mol. The van der Waals surface area contributed by atoms with Crippen molar-refractivity contribution >= 4 is 33.6 Å². The lowest BCUT2D eigenvalue weighted by Crippen LogP contribution is -2.47. The van der Waals surface area contributed by atoms with Gasteiger partial charge in [0, 0.05) is 6.54 Å². The van der Waals surface area contributed by atoms with Gasteiger partial charge in [0.2, 0.25) is 0 Å². The van der Waals surface area contributed by atoms with Gasteiger partial charge < -0.3 is 15.7 Å². The lowest BCUT2D eigenvalue weighted by molar-refractivity contribution is -0.139. The van der Waals surface area contributed by atoms with Crippen LogP contribution in [0.5, 0.6) is 0 Å². The second-order valence-electron chi connectivity index (χ2n) is 4.80. The Bertz CT molecular complexity index is 452. The van der Waals surface area contributed by atoms with Crippen LogP contribution in [0.2, 0.25) is 0 Å². The minimum absolute atomic E-state index is 0.0831. The molecule has 1 aliphatic rings. The van der Waals surface area contributed by atoms with Gasteiger partial charge in [-0.15, -0.1) is 0 Å². The number of aliphatic carboxylic acids is 1. The van der Waals surface area contributed by atoms with Crippen molar-refractivity contribution < 1.29 is 23.1 Å². The zero-order chi connectivity index (χ0) is 15.2. The van der Waals surface area contributed by atoms with Crippen LogP contribution in [-0.2, 0) is 14.6 Å². The van der Waals surface area contributed by atoms with Crippen LogP contribution in [0.25, 0.3) is 0 Å². The first-order valence-electron chi connectivity index (χ1n) is 6.30. The van der Waals surface area contributed by atoms with Gasteiger partial charge in [-0.3, -0.25) is 0 Å². The van der Waals surface area contributed by atoms with Crippen LogP contribution in [0.4, 0.5) is 4.79 Å². The minimum Gasteiger partial charge on any atom is -0.480 e. The van der Waals surface area contributed by atoms with E-state index < -0.39 is 27.9 Å². The predicted octanol–water partition coefficient (Wildman–Crippen LogP) is -0.0734. The Morgan fingerprint density at radius 1 is 1.45 bits per heavy atom. The molecule has 1 saturated heterocycles. The Morgan fingerprint density at radius 2 is 2.15 bits per heavy atom. The van der Waals surface area contributed by atoms with Crippen molar-refractivity contribution in [2.45, 2.75) is 18.9 Å². The van der Waals surface area contributed by atoms with Gasteiger partial charge in [-0.05, 0) is 30.8 Å². The van der Waals surface area contributed by atoms with Gasteiger partial charge in [0.25, 0.3) is 0 Å². The number of carbonyl (C=O) groups is 2. The number of hydrogen-bond acceptors (Lipinski definition) is 5. The maximum atomic E-state index is 11.6. The molecular formula is C11H20N2O5S2. The molecule has 1 fully saturated rings. The van der Waals surface area contributed by atoms with Crippen LogP contribution in [0, 0.1) is 5.92 Å². The average molecular weight is 324 g/mol. The summed E-state index contributed by atoms with van der Waals surface area (Å²) in [5, 5.41) is 13.9. The van der Waals surface area contributed by atoms with Crippen molar-refractivity contribution in [3.05, 3.63) is 0 Å². The number of hydrogen-bond donors (Lipinski definition) is 3. The zero-order valence-electron chi connectivity index (χ0n) is 11.3. The molecule has 1 rings (SSSR count). The molecule has 0 spiro atoms. The summed E-state index contributed by atoms with van der Waals surface area (Å²) in [6.45, 7) is 0.250. The molecule has 116 valence electrons. The van der Waals surface area contributed by atoms with E-state index in [9.17, 15) is 18.0 Å². The summed E-state index contributed by atoms with van der Waals surface area (Å²) in [5.41, 5.74) is 0. The van der Waals surface area contributed by atoms with Crippen molar-refractivity contribution in [3.63, 3.8) is 0 Å². The van der Waals surface area contributed by atoms with E-state index in [0.29, 0.717) is 18.6 Å². The molecule has 0 saturated carbocycles. The molecule has 9 heteroatoms. The van der Waals surface area contributed by atoms with Gasteiger partial charge in [0.1, 0.15) is 6.04 Å². The molecule has 2 amide bonds.